The largest absolute Gasteiger partial charge is 0.370 e. The summed E-state index contributed by atoms with van der Waals surface area (Å²) in [4.78, 5) is 11.7. The molecule has 0 spiro atoms. The third-order valence-electron chi connectivity index (χ3n) is 2.02. The Hall–Kier alpha value is -0.100. The summed E-state index contributed by atoms with van der Waals surface area (Å²) in [5.74, 6) is -0.228. The van der Waals surface area contributed by atoms with Crippen molar-refractivity contribution in [3.05, 3.63) is 19.8 Å². The Labute approximate surface area is 112 Å². The SMILES string of the molecule is NC(=O)CCCCNCc1cc(Br)c(Cl)s1. The van der Waals surface area contributed by atoms with E-state index in [0.29, 0.717) is 6.42 Å². The van der Waals surface area contributed by atoms with Crippen LogP contribution in [-0.4, -0.2) is 12.5 Å². The van der Waals surface area contributed by atoms with Crippen LogP contribution in [0.1, 0.15) is 24.1 Å². The molecule has 1 aromatic heterocycles. The smallest absolute Gasteiger partial charge is 0.217 e. The first-order valence-corrected chi connectivity index (χ1v) is 7.01. The molecular weight excluding hydrogens is 312 g/mol. The second-order valence-corrected chi connectivity index (χ2v) is 6.03. The number of carbonyl (C=O) groups is 1. The zero-order valence-corrected chi connectivity index (χ0v) is 11.9. The minimum absolute atomic E-state index is 0.228. The Morgan fingerprint density at radius 1 is 1.56 bits per heavy atom. The highest BCUT2D eigenvalue weighted by Gasteiger charge is 2.03. The van der Waals surface area contributed by atoms with Crippen LogP contribution >= 0.6 is 38.9 Å². The first kappa shape index (κ1) is 14.0. The van der Waals surface area contributed by atoms with Crippen LogP contribution in [0.15, 0.2) is 10.5 Å². The van der Waals surface area contributed by atoms with Gasteiger partial charge in [-0.25, -0.2) is 0 Å². The molecular formula is C10H14BrClN2OS. The normalized spacial score (nSPS) is 10.6. The summed E-state index contributed by atoms with van der Waals surface area (Å²) in [6.45, 7) is 1.70. The van der Waals surface area contributed by atoms with Gasteiger partial charge in [-0.2, -0.15) is 0 Å². The molecule has 0 saturated heterocycles. The summed E-state index contributed by atoms with van der Waals surface area (Å²) in [6, 6.07) is 2.02. The lowest BCUT2D eigenvalue weighted by Gasteiger charge is -2.01. The molecule has 0 aliphatic rings. The molecule has 1 heterocycles. The van der Waals surface area contributed by atoms with Crippen LogP contribution in [0.2, 0.25) is 4.34 Å². The zero-order chi connectivity index (χ0) is 12.0. The topological polar surface area (TPSA) is 55.1 Å². The fourth-order valence-electron chi connectivity index (χ4n) is 1.24. The van der Waals surface area contributed by atoms with E-state index >= 15 is 0 Å². The van der Waals surface area contributed by atoms with Crippen molar-refractivity contribution in [2.24, 2.45) is 5.73 Å². The number of carbonyl (C=O) groups excluding carboxylic acids is 1. The molecule has 0 fully saturated rings. The average Bonchev–Trinajstić information content (AvgIpc) is 2.52. The molecule has 1 aromatic rings. The Kier molecular flexibility index (Phi) is 6.34. The zero-order valence-electron chi connectivity index (χ0n) is 8.76. The Balaban J connectivity index is 2.09. The molecule has 6 heteroatoms. The lowest BCUT2D eigenvalue weighted by atomic mass is 10.2. The van der Waals surface area contributed by atoms with Crippen molar-refractivity contribution < 1.29 is 4.79 Å². The van der Waals surface area contributed by atoms with E-state index in [4.69, 9.17) is 17.3 Å². The van der Waals surface area contributed by atoms with E-state index in [1.807, 2.05) is 6.07 Å². The maximum Gasteiger partial charge on any atom is 0.217 e. The van der Waals surface area contributed by atoms with Crippen molar-refractivity contribution in [2.45, 2.75) is 25.8 Å². The quantitative estimate of drug-likeness (QED) is 0.757. The number of nitrogens with two attached hydrogens (primary N) is 1. The van der Waals surface area contributed by atoms with Crippen molar-refractivity contribution in [1.82, 2.24) is 5.32 Å². The van der Waals surface area contributed by atoms with Gasteiger partial charge in [0.2, 0.25) is 5.91 Å². The van der Waals surface area contributed by atoms with Crippen LogP contribution in [0.4, 0.5) is 0 Å². The molecule has 3 N–H and O–H groups in total. The number of amides is 1. The standard InChI is InChI=1S/C10H14BrClN2OS/c11-8-5-7(16-10(8)12)6-14-4-2-1-3-9(13)15/h5,14H,1-4,6H2,(H2,13,15). The molecule has 3 nitrogen and oxygen atoms in total. The number of halogens is 2. The van der Waals surface area contributed by atoms with Gasteiger partial charge in [-0.3, -0.25) is 4.79 Å². The van der Waals surface area contributed by atoms with Crippen molar-refractivity contribution in [3.8, 4) is 0 Å². The molecule has 16 heavy (non-hydrogen) atoms. The monoisotopic (exact) mass is 324 g/mol. The van der Waals surface area contributed by atoms with Crippen molar-refractivity contribution >= 4 is 44.8 Å². The molecule has 0 saturated carbocycles. The first-order chi connectivity index (χ1) is 7.59. The summed E-state index contributed by atoms with van der Waals surface area (Å²) < 4.78 is 1.73. The van der Waals surface area contributed by atoms with Gasteiger partial charge in [0.1, 0.15) is 4.34 Å². The fourth-order valence-corrected chi connectivity index (χ4v) is 3.00. The van der Waals surface area contributed by atoms with E-state index in [2.05, 4.69) is 21.2 Å². The number of hydrogen-bond acceptors (Lipinski definition) is 3. The molecule has 1 rings (SSSR count). The minimum atomic E-state index is -0.228. The van der Waals surface area contributed by atoms with Crippen LogP contribution in [0.5, 0.6) is 0 Å². The molecule has 0 atom stereocenters. The molecule has 0 aromatic carbocycles. The number of unbranched alkanes of at least 4 members (excludes halogenated alkanes) is 1. The lowest BCUT2D eigenvalue weighted by Crippen LogP contribution is -2.15. The molecule has 0 bridgehead atoms. The van der Waals surface area contributed by atoms with E-state index in [1.54, 1.807) is 11.3 Å². The number of rotatable bonds is 7. The van der Waals surface area contributed by atoms with Crippen molar-refractivity contribution in [3.63, 3.8) is 0 Å². The van der Waals surface area contributed by atoms with Crippen LogP contribution in [0, 0.1) is 0 Å². The summed E-state index contributed by atoms with van der Waals surface area (Å²) >= 11 is 10.8. The maximum absolute atomic E-state index is 10.5. The van der Waals surface area contributed by atoms with Crippen LogP contribution in [0.3, 0.4) is 0 Å². The van der Waals surface area contributed by atoms with Crippen LogP contribution in [0.25, 0.3) is 0 Å². The van der Waals surface area contributed by atoms with E-state index in [-0.39, 0.29) is 5.91 Å². The van der Waals surface area contributed by atoms with E-state index in [9.17, 15) is 4.79 Å². The first-order valence-electron chi connectivity index (χ1n) is 5.02. The van der Waals surface area contributed by atoms with Gasteiger partial charge in [0.25, 0.3) is 0 Å². The average molecular weight is 326 g/mol. The van der Waals surface area contributed by atoms with Gasteiger partial charge in [-0.15, -0.1) is 11.3 Å². The highest BCUT2D eigenvalue weighted by Crippen LogP contribution is 2.31. The molecule has 0 aliphatic heterocycles. The Morgan fingerprint density at radius 2 is 2.31 bits per heavy atom. The summed E-state index contributed by atoms with van der Waals surface area (Å²) in [5, 5.41) is 3.29. The van der Waals surface area contributed by atoms with E-state index < -0.39 is 0 Å². The fraction of sp³-hybridized carbons (Fsp3) is 0.500. The van der Waals surface area contributed by atoms with Gasteiger partial charge in [0.15, 0.2) is 0 Å². The molecule has 90 valence electrons. The molecule has 0 unspecified atom stereocenters. The third kappa shape index (κ3) is 5.30. The van der Waals surface area contributed by atoms with Gasteiger partial charge in [0, 0.05) is 22.3 Å². The second kappa shape index (κ2) is 7.27. The van der Waals surface area contributed by atoms with E-state index in [1.165, 1.54) is 4.88 Å². The van der Waals surface area contributed by atoms with Crippen LogP contribution in [-0.2, 0) is 11.3 Å². The summed E-state index contributed by atoms with van der Waals surface area (Å²) in [6.07, 6.45) is 2.28. The van der Waals surface area contributed by atoms with Crippen molar-refractivity contribution in [1.29, 1.82) is 0 Å². The maximum atomic E-state index is 10.5. The minimum Gasteiger partial charge on any atom is -0.370 e. The number of hydrogen-bond donors (Lipinski definition) is 2. The van der Waals surface area contributed by atoms with Crippen molar-refractivity contribution in [2.75, 3.05) is 6.54 Å². The van der Waals surface area contributed by atoms with Gasteiger partial charge >= 0.3 is 0 Å². The predicted molar refractivity (Wildman–Crippen MR) is 71.8 cm³/mol. The third-order valence-corrected chi connectivity index (χ3v) is 4.50. The molecule has 0 aliphatic carbocycles. The molecule has 1 amide bonds. The van der Waals surface area contributed by atoms with Gasteiger partial charge < -0.3 is 11.1 Å². The predicted octanol–water partition coefficient (Wildman–Crippen LogP) is 2.91. The second-order valence-electron chi connectivity index (χ2n) is 3.43. The van der Waals surface area contributed by atoms with E-state index in [0.717, 1.165) is 34.7 Å². The number of nitrogens with one attached hydrogen (secondary N) is 1. The summed E-state index contributed by atoms with van der Waals surface area (Å²) in [7, 11) is 0. The highest BCUT2D eigenvalue weighted by atomic mass is 79.9. The van der Waals surface area contributed by atoms with Gasteiger partial charge in [0.05, 0.1) is 0 Å². The number of thiophene rings is 1. The Morgan fingerprint density at radius 3 is 2.88 bits per heavy atom. The lowest BCUT2D eigenvalue weighted by molar-refractivity contribution is -0.118. The highest BCUT2D eigenvalue weighted by molar-refractivity contribution is 9.10. The van der Waals surface area contributed by atoms with Gasteiger partial charge in [-0.05, 0) is 41.4 Å². The van der Waals surface area contributed by atoms with Crippen LogP contribution < -0.4 is 11.1 Å². The van der Waals surface area contributed by atoms with Gasteiger partial charge in [-0.1, -0.05) is 11.6 Å². The number of primary amides is 1. The Bertz CT molecular complexity index is 337. The summed E-state index contributed by atoms with van der Waals surface area (Å²) in [5.41, 5.74) is 5.04. The molecule has 0 radical (unpaired) electrons.